The number of aliphatic hydroxyl groups is 1. The molecule has 0 aliphatic heterocycles. The van der Waals surface area contributed by atoms with Crippen molar-refractivity contribution in [2.45, 2.75) is 19.4 Å². The lowest BCUT2D eigenvalue weighted by atomic mass is 9.83. The molecule has 0 aliphatic carbocycles. The molecule has 0 bridgehead atoms. The van der Waals surface area contributed by atoms with Crippen molar-refractivity contribution in [3.05, 3.63) is 35.9 Å². The smallest absolute Gasteiger partial charge is 0.342 e. The van der Waals surface area contributed by atoms with Gasteiger partial charge in [-0.15, -0.1) is 0 Å². The molecule has 0 saturated carbocycles. The van der Waals surface area contributed by atoms with Crippen LogP contribution in [0.5, 0.6) is 0 Å². The van der Waals surface area contributed by atoms with E-state index in [1.165, 1.54) is 7.11 Å². The molecule has 3 heteroatoms. The molecule has 0 spiro atoms. The first-order valence-electron chi connectivity index (χ1n) is 4.89. The monoisotopic (exact) mass is 208 g/mol. The van der Waals surface area contributed by atoms with Gasteiger partial charge in [0.2, 0.25) is 0 Å². The Morgan fingerprint density at radius 2 is 1.87 bits per heavy atom. The van der Waals surface area contributed by atoms with E-state index < -0.39 is 11.6 Å². The van der Waals surface area contributed by atoms with Gasteiger partial charge in [0.05, 0.1) is 7.11 Å². The Morgan fingerprint density at radius 1 is 1.33 bits per heavy atom. The molecule has 1 unspecified atom stereocenters. The minimum Gasteiger partial charge on any atom is -0.467 e. The second kappa shape index (κ2) is 4.45. The lowest BCUT2D eigenvalue weighted by Gasteiger charge is -2.29. The van der Waals surface area contributed by atoms with E-state index >= 15 is 0 Å². The zero-order chi connectivity index (χ0) is 11.5. The number of methoxy groups -OCH3 is 1. The average Bonchev–Trinajstić information content (AvgIpc) is 2.27. The van der Waals surface area contributed by atoms with E-state index in [0.717, 1.165) is 0 Å². The summed E-state index contributed by atoms with van der Waals surface area (Å²) in [6, 6.07) is 8.84. The lowest BCUT2D eigenvalue weighted by molar-refractivity contribution is -0.169. The second-order valence-electron chi connectivity index (χ2n) is 3.78. The molecule has 0 aliphatic rings. The Hall–Kier alpha value is -1.35. The Bertz CT molecular complexity index is 332. The van der Waals surface area contributed by atoms with Gasteiger partial charge in [-0.05, 0) is 11.5 Å². The molecule has 1 atom stereocenters. The van der Waals surface area contributed by atoms with E-state index in [0.29, 0.717) is 5.56 Å². The third kappa shape index (κ3) is 2.02. The van der Waals surface area contributed by atoms with E-state index in [1.54, 1.807) is 38.1 Å². The minimum atomic E-state index is -1.56. The molecular weight excluding hydrogens is 192 g/mol. The van der Waals surface area contributed by atoms with Gasteiger partial charge in [-0.1, -0.05) is 44.2 Å². The predicted octanol–water partition coefficient (Wildman–Crippen LogP) is 1.70. The van der Waals surface area contributed by atoms with E-state index in [-0.39, 0.29) is 5.92 Å². The van der Waals surface area contributed by atoms with Crippen molar-refractivity contribution in [1.82, 2.24) is 0 Å². The third-order valence-corrected chi connectivity index (χ3v) is 2.55. The molecular formula is C12H16O3. The van der Waals surface area contributed by atoms with Gasteiger partial charge >= 0.3 is 5.97 Å². The van der Waals surface area contributed by atoms with Crippen molar-refractivity contribution in [1.29, 1.82) is 0 Å². The van der Waals surface area contributed by atoms with Crippen LogP contribution in [0.25, 0.3) is 0 Å². The molecule has 1 aromatic carbocycles. The van der Waals surface area contributed by atoms with Gasteiger partial charge in [0.15, 0.2) is 5.60 Å². The first-order chi connectivity index (χ1) is 7.03. The summed E-state index contributed by atoms with van der Waals surface area (Å²) >= 11 is 0. The maximum atomic E-state index is 11.6. The van der Waals surface area contributed by atoms with Crippen LogP contribution in [0, 0.1) is 5.92 Å². The fourth-order valence-corrected chi connectivity index (χ4v) is 1.53. The molecule has 3 nitrogen and oxygen atoms in total. The maximum Gasteiger partial charge on any atom is 0.342 e. The minimum absolute atomic E-state index is 0.243. The van der Waals surface area contributed by atoms with Gasteiger partial charge in [0.1, 0.15) is 0 Å². The Kier molecular flexibility index (Phi) is 3.48. The van der Waals surface area contributed by atoms with Crippen LogP contribution in [-0.4, -0.2) is 18.2 Å². The van der Waals surface area contributed by atoms with Crippen LogP contribution in [0.15, 0.2) is 30.3 Å². The summed E-state index contributed by atoms with van der Waals surface area (Å²) in [6.45, 7) is 3.56. The number of carbonyl (C=O) groups excluding carboxylic acids is 1. The van der Waals surface area contributed by atoms with Crippen LogP contribution >= 0.6 is 0 Å². The van der Waals surface area contributed by atoms with Gasteiger partial charge in [0, 0.05) is 0 Å². The van der Waals surface area contributed by atoms with Gasteiger partial charge in [-0.2, -0.15) is 0 Å². The molecule has 0 saturated heterocycles. The summed E-state index contributed by atoms with van der Waals surface area (Å²) in [5.74, 6) is -0.865. The van der Waals surface area contributed by atoms with Crippen LogP contribution in [-0.2, 0) is 15.1 Å². The highest BCUT2D eigenvalue weighted by molar-refractivity contribution is 5.81. The molecule has 1 aromatic rings. The van der Waals surface area contributed by atoms with Gasteiger partial charge in [-0.3, -0.25) is 0 Å². The number of hydrogen-bond acceptors (Lipinski definition) is 3. The number of benzene rings is 1. The third-order valence-electron chi connectivity index (χ3n) is 2.55. The number of carbonyl (C=O) groups is 1. The quantitative estimate of drug-likeness (QED) is 0.769. The van der Waals surface area contributed by atoms with Crippen LogP contribution in [0.4, 0.5) is 0 Å². The zero-order valence-electron chi connectivity index (χ0n) is 9.23. The number of rotatable bonds is 3. The van der Waals surface area contributed by atoms with Gasteiger partial charge in [0.25, 0.3) is 0 Å². The molecule has 0 radical (unpaired) electrons. The van der Waals surface area contributed by atoms with Crippen LogP contribution < -0.4 is 0 Å². The molecule has 0 aromatic heterocycles. The van der Waals surface area contributed by atoms with Crippen molar-refractivity contribution in [2.24, 2.45) is 5.92 Å². The largest absolute Gasteiger partial charge is 0.467 e. The number of ether oxygens (including phenoxy) is 1. The first-order valence-corrected chi connectivity index (χ1v) is 4.89. The van der Waals surface area contributed by atoms with Crippen LogP contribution in [0.2, 0.25) is 0 Å². The zero-order valence-corrected chi connectivity index (χ0v) is 9.23. The van der Waals surface area contributed by atoms with Crippen molar-refractivity contribution in [3.8, 4) is 0 Å². The number of hydrogen-bond donors (Lipinski definition) is 1. The highest BCUT2D eigenvalue weighted by Gasteiger charge is 2.42. The Labute approximate surface area is 89.7 Å². The van der Waals surface area contributed by atoms with E-state index in [9.17, 15) is 9.90 Å². The lowest BCUT2D eigenvalue weighted by Crippen LogP contribution is -2.41. The Balaban J connectivity index is 3.19. The molecule has 1 rings (SSSR count). The second-order valence-corrected chi connectivity index (χ2v) is 3.78. The summed E-state index contributed by atoms with van der Waals surface area (Å²) in [6.07, 6.45) is 0. The van der Waals surface area contributed by atoms with E-state index in [4.69, 9.17) is 0 Å². The normalized spacial score (nSPS) is 14.7. The summed E-state index contributed by atoms with van der Waals surface area (Å²) in [7, 11) is 1.28. The summed E-state index contributed by atoms with van der Waals surface area (Å²) < 4.78 is 4.64. The Morgan fingerprint density at radius 3 is 2.27 bits per heavy atom. The predicted molar refractivity (Wildman–Crippen MR) is 57.2 cm³/mol. The van der Waals surface area contributed by atoms with Crippen LogP contribution in [0.3, 0.4) is 0 Å². The molecule has 82 valence electrons. The maximum absolute atomic E-state index is 11.6. The van der Waals surface area contributed by atoms with E-state index in [2.05, 4.69) is 4.74 Å². The SMILES string of the molecule is COC(=O)C(O)(c1ccccc1)C(C)C. The van der Waals surface area contributed by atoms with Gasteiger partial charge < -0.3 is 9.84 Å². The van der Waals surface area contributed by atoms with Crippen LogP contribution in [0.1, 0.15) is 19.4 Å². The highest BCUT2D eigenvalue weighted by Crippen LogP contribution is 2.30. The van der Waals surface area contributed by atoms with Crippen molar-refractivity contribution < 1.29 is 14.6 Å². The highest BCUT2D eigenvalue weighted by atomic mass is 16.5. The first kappa shape index (κ1) is 11.7. The molecule has 15 heavy (non-hydrogen) atoms. The topological polar surface area (TPSA) is 46.5 Å². The molecule has 0 fully saturated rings. The van der Waals surface area contributed by atoms with Gasteiger partial charge in [-0.25, -0.2) is 4.79 Å². The molecule has 1 N–H and O–H groups in total. The fourth-order valence-electron chi connectivity index (χ4n) is 1.53. The summed E-state index contributed by atoms with van der Waals surface area (Å²) in [5, 5.41) is 10.4. The van der Waals surface area contributed by atoms with Crippen molar-refractivity contribution >= 4 is 5.97 Å². The van der Waals surface area contributed by atoms with E-state index in [1.807, 2.05) is 6.07 Å². The fraction of sp³-hybridized carbons (Fsp3) is 0.417. The van der Waals surface area contributed by atoms with Crippen molar-refractivity contribution in [2.75, 3.05) is 7.11 Å². The number of esters is 1. The molecule has 0 heterocycles. The summed E-state index contributed by atoms with van der Waals surface area (Å²) in [5.41, 5.74) is -0.998. The average molecular weight is 208 g/mol. The van der Waals surface area contributed by atoms with Crippen molar-refractivity contribution in [3.63, 3.8) is 0 Å². The summed E-state index contributed by atoms with van der Waals surface area (Å²) in [4.78, 5) is 11.6. The molecule has 0 amide bonds. The standard InChI is InChI=1S/C12H16O3/c1-9(2)12(14,11(13)15-3)10-7-5-4-6-8-10/h4-9,14H,1-3H3.